The Balaban J connectivity index is 1.88. The van der Waals surface area contributed by atoms with Crippen LogP contribution in [0.3, 0.4) is 0 Å². The van der Waals surface area contributed by atoms with Crippen LogP contribution in [0.5, 0.6) is 0 Å². The molecule has 0 fully saturated rings. The van der Waals surface area contributed by atoms with Crippen molar-refractivity contribution in [2.24, 2.45) is 0 Å². The molecular formula is C16H11ClF3NO3. The maximum atomic E-state index is 12.4. The number of nitrogens with one attached hydrogen (secondary N) is 1. The lowest BCUT2D eigenvalue weighted by atomic mass is 10.1. The van der Waals surface area contributed by atoms with Gasteiger partial charge in [-0.1, -0.05) is 11.6 Å². The van der Waals surface area contributed by atoms with Gasteiger partial charge in [0.05, 0.1) is 11.1 Å². The van der Waals surface area contributed by atoms with Crippen molar-refractivity contribution in [2.75, 3.05) is 11.9 Å². The molecule has 2 aromatic rings. The Morgan fingerprint density at radius 2 is 1.58 bits per heavy atom. The Labute approximate surface area is 140 Å². The Hall–Kier alpha value is -2.54. The molecule has 1 amide bonds. The summed E-state index contributed by atoms with van der Waals surface area (Å²) in [5, 5.41) is 2.98. The Morgan fingerprint density at radius 3 is 2.12 bits per heavy atom. The predicted octanol–water partition coefficient (Wildman–Crippen LogP) is 4.15. The molecular weight excluding hydrogens is 347 g/mol. The van der Waals surface area contributed by atoms with Gasteiger partial charge in [0.2, 0.25) is 0 Å². The summed E-state index contributed by atoms with van der Waals surface area (Å²) >= 11 is 5.71. The Morgan fingerprint density at radius 1 is 1.00 bits per heavy atom. The first-order valence-electron chi connectivity index (χ1n) is 6.65. The highest BCUT2D eigenvalue weighted by molar-refractivity contribution is 6.30. The lowest BCUT2D eigenvalue weighted by Crippen LogP contribution is -2.21. The van der Waals surface area contributed by atoms with Crippen molar-refractivity contribution in [1.82, 2.24) is 0 Å². The van der Waals surface area contributed by atoms with Gasteiger partial charge in [0.15, 0.2) is 6.61 Å². The first kappa shape index (κ1) is 17.8. The molecule has 24 heavy (non-hydrogen) atoms. The molecule has 126 valence electrons. The summed E-state index contributed by atoms with van der Waals surface area (Å²) in [6.07, 6.45) is -4.49. The smallest absolute Gasteiger partial charge is 0.416 e. The van der Waals surface area contributed by atoms with Gasteiger partial charge in [-0.2, -0.15) is 13.2 Å². The fourth-order valence-corrected chi connectivity index (χ4v) is 1.87. The molecule has 0 radical (unpaired) electrons. The van der Waals surface area contributed by atoms with E-state index in [1.807, 2.05) is 0 Å². The third-order valence-corrected chi connectivity index (χ3v) is 3.16. The van der Waals surface area contributed by atoms with Gasteiger partial charge < -0.3 is 10.1 Å². The van der Waals surface area contributed by atoms with E-state index < -0.39 is 30.2 Å². The van der Waals surface area contributed by atoms with Crippen molar-refractivity contribution in [1.29, 1.82) is 0 Å². The van der Waals surface area contributed by atoms with Crippen molar-refractivity contribution in [3.63, 3.8) is 0 Å². The fourth-order valence-electron chi connectivity index (χ4n) is 1.74. The normalized spacial score (nSPS) is 11.0. The molecule has 2 rings (SSSR count). The van der Waals surface area contributed by atoms with Gasteiger partial charge >= 0.3 is 12.1 Å². The zero-order valence-corrected chi connectivity index (χ0v) is 12.8. The maximum Gasteiger partial charge on any atom is 0.416 e. The molecule has 0 aliphatic carbocycles. The molecule has 0 saturated heterocycles. The number of alkyl halides is 3. The first-order valence-corrected chi connectivity index (χ1v) is 7.03. The molecule has 2 aromatic carbocycles. The Bertz CT molecular complexity index is 728. The van der Waals surface area contributed by atoms with Gasteiger partial charge in [-0.25, -0.2) is 4.79 Å². The number of halogens is 4. The molecule has 8 heteroatoms. The Kier molecular flexibility index (Phi) is 5.46. The number of anilines is 1. The summed E-state index contributed by atoms with van der Waals surface area (Å²) in [6, 6.07) is 9.80. The summed E-state index contributed by atoms with van der Waals surface area (Å²) < 4.78 is 42.0. The minimum absolute atomic E-state index is 0.0812. The van der Waals surface area contributed by atoms with Crippen LogP contribution in [-0.4, -0.2) is 18.5 Å². The number of carbonyl (C=O) groups excluding carboxylic acids is 2. The van der Waals surface area contributed by atoms with Crippen LogP contribution in [0.25, 0.3) is 0 Å². The monoisotopic (exact) mass is 357 g/mol. The number of rotatable bonds is 4. The van der Waals surface area contributed by atoms with E-state index in [-0.39, 0.29) is 5.56 Å². The van der Waals surface area contributed by atoms with Gasteiger partial charge in [0.1, 0.15) is 0 Å². The summed E-state index contributed by atoms with van der Waals surface area (Å²) in [5.74, 6) is -1.48. The quantitative estimate of drug-likeness (QED) is 0.836. The van der Waals surface area contributed by atoms with E-state index in [1.54, 1.807) is 24.3 Å². The maximum absolute atomic E-state index is 12.4. The average molecular weight is 358 g/mol. The number of esters is 1. The number of hydrogen-bond acceptors (Lipinski definition) is 3. The molecule has 0 heterocycles. The zero-order chi connectivity index (χ0) is 17.7. The van der Waals surface area contributed by atoms with Gasteiger partial charge in [-0.3, -0.25) is 4.79 Å². The second kappa shape index (κ2) is 7.35. The van der Waals surface area contributed by atoms with Crippen LogP contribution < -0.4 is 5.32 Å². The molecule has 0 aliphatic heterocycles. The average Bonchev–Trinajstić information content (AvgIpc) is 2.54. The topological polar surface area (TPSA) is 55.4 Å². The SMILES string of the molecule is O=C(COC(=O)c1ccc(C(F)(F)F)cc1)Nc1ccc(Cl)cc1. The number of amides is 1. The highest BCUT2D eigenvalue weighted by Crippen LogP contribution is 2.29. The number of benzene rings is 2. The summed E-state index contributed by atoms with van der Waals surface area (Å²) in [7, 11) is 0. The van der Waals surface area contributed by atoms with Crippen LogP contribution in [0.1, 0.15) is 15.9 Å². The third-order valence-electron chi connectivity index (χ3n) is 2.91. The molecule has 1 N–H and O–H groups in total. The number of ether oxygens (including phenoxy) is 1. The van der Waals surface area contributed by atoms with Crippen LogP contribution in [0, 0.1) is 0 Å². The lowest BCUT2D eigenvalue weighted by Gasteiger charge is -2.08. The van der Waals surface area contributed by atoms with Crippen molar-refractivity contribution in [3.05, 3.63) is 64.7 Å². The zero-order valence-electron chi connectivity index (χ0n) is 12.1. The molecule has 4 nitrogen and oxygen atoms in total. The largest absolute Gasteiger partial charge is 0.452 e. The molecule has 0 bridgehead atoms. The summed E-state index contributed by atoms with van der Waals surface area (Å²) in [6.45, 7) is -0.567. The minimum Gasteiger partial charge on any atom is -0.452 e. The predicted molar refractivity (Wildman–Crippen MR) is 81.8 cm³/mol. The summed E-state index contributed by atoms with van der Waals surface area (Å²) in [4.78, 5) is 23.4. The van der Waals surface area contributed by atoms with E-state index in [0.29, 0.717) is 10.7 Å². The lowest BCUT2D eigenvalue weighted by molar-refractivity contribution is -0.137. The van der Waals surface area contributed by atoms with Crippen molar-refractivity contribution in [3.8, 4) is 0 Å². The standard InChI is InChI=1S/C16H11ClF3NO3/c17-12-5-7-13(8-6-12)21-14(22)9-24-15(23)10-1-3-11(4-2-10)16(18,19)20/h1-8H,9H2,(H,21,22). The van der Waals surface area contributed by atoms with Crippen molar-refractivity contribution < 1.29 is 27.5 Å². The van der Waals surface area contributed by atoms with Gasteiger partial charge in [-0.15, -0.1) is 0 Å². The van der Waals surface area contributed by atoms with E-state index in [9.17, 15) is 22.8 Å². The van der Waals surface area contributed by atoms with E-state index in [1.165, 1.54) is 0 Å². The third kappa shape index (κ3) is 4.99. The molecule has 0 atom stereocenters. The molecule has 0 aromatic heterocycles. The molecule has 0 saturated carbocycles. The fraction of sp³-hybridized carbons (Fsp3) is 0.125. The van der Waals surface area contributed by atoms with Crippen LogP contribution in [0.15, 0.2) is 48.5 Å². The molecule has 0 unspecified atom stereocenters. The highest BCUT2D eigenvalue weighted by atomic mass is 35.5. The second-order valence-electron chi connectivity index (χ2n) is 4.71. The number of hydrogen-bond donors (Lipinski definition) is 1. The van der Waals surface area contributed by atoms with Crippen molar-refractivity contribution in [2.45, 2.75) is 6.18 Å². The van der Waals surface area contributed by atoms with Crippen LogP contribution in [0.4, 0.5) is 18.9 Å². The van der Waals surface area contributed by atoms with Gasteiger partial charge in [-0.05, 0) is 48.5 Å². The van der Waals surface area contributed by atoms with E-state index >= 15 is 0 Å². The van der Waals surface area contributed by atoms with Crippen molar-refractivity contribution >= 4 is 29.2 Å². The van der Waals surface area contributed by atoms with E-state index in [4.69, 9.17) is 16.3 Å². The second-order valence-corrected chi connectivity index (χ2v) is 5.14. The van der Waals surface area contributed by atoms with Crippen LogP contribution in [-0.2, 0) is 15.7 Å². The van der Waals surface area contributed by atoms with Gasteiger partial charge in [0.25, 0.3) is 5.91 Å². The minimum atomic E-state index is -4.49. The van der Waals surface area contributed by atoms with Gasteiger partial charge in [0, 0.05) is 10.7 Å². The molecule has 0 spiro atoms. The molecule has 0 aliphatic rings. The number of carbonyl (C=O) groups is 2. The highest BCUT2D eigenvalue weighted by Gasteiger charge is 2.30. The van der Waals surface area contributed by atoms with Crippen LogP contribution in [0.2, 0.25) is 5.02 Å². The van der Waals surface area contributed by atoms with E-state index in [2.05, 4.69) is 5.32 Å². The van der Waals surface area contributed by atoms with E-state index in [0.717, 1.165) is 24.3 Å². The van der Waals surface area contributed by atoms with Crippen LogP contribution >= 0.6 is 11.6 Å². The first-order chi connectivity index (χ1) is 11.3. The summed E-state index contributed by atoms with van der Waals surface area (Å²) in [5.41, 5.74) is -0.489.